The lowest BCUT2D eigenvalue weighted by molar-refractivity contribution is -0.0189. The van der Waals surface area contributed by atoms with Crippen LogP contribution in [-0.2, 0) is 12.1 Å². The summed E-state index contributed by atoms with van der Waals surface area (Å²) in [6, 6.07) is 0.852. The Morgan fingerprint density at radius 3 is 2.76 bits per heavy atom. The Morgan fingerprint density at radius 1 is 1.53 bits per heavy atom. The van der Waals surface area contributed by atoms with Gasteiger partial charge < -0.3 is 10.4 Å². The van der Waals surface area contributed by atoms with E-state index in [-0.39, 0.29) is 0 Å². The maximum absolute atomic E-state index is 10.9. The molecule has 2 unspecified atom stereocenters. The fraction of sp³-hybridized carbons (Fsp3) is 0.750. The standard InChI is InChI=1S/C12H18ClN3O/c1-2-16-11(10(13)7-14-16)12(17)5-8-3-4-9(6-12)15-8/h7-9,15,17H,2-6H2,1H3. The highest BCUT2D eigenvalue weighted by molar-refractivity contribution is 6.31. The monoisotopic (exact) mass is 255 g/mol. The van der Waals surface area contributed by atoms with Gasteiger partial charge >= 0.3 is 0 Å². The molecule has 5 heteroatoms. The Labute approximate surface area is 106 Å². The maximum Gasteiger partial charge on any atom is 0.111 e. The lowest BCUT2D eigenvalue weighted by Crippen LogP contribution is -2.47. The molecule has 2 bridgehead atoms. The first-order valence-corrected chi connectivity index (χ1v) is 6.70. The summed E-state index contributed by atoms with van der Waals surface area (Å²) in [5.41, 5.74) is 0.000733. The summed E-state index contributed by atoms with van der Waals surface area (Å²) in [4.78, 5) is 0. The van der Waals surface area contributed by atoms with Crippen LogP contribution in [0.2, 0.25) is 5.02 Å². The van der Waals surface area contributed by atoms with E-state index in [1.54, 1.807) is 6.20 Å². The van der Waals surface area contributed by atoms with Crippen LogP contribution in [0.15, 0.2) is 6.20 Å². The Morgan fingerprint density at radius 2 is 2.18 bits per heavy atom. The summed E-state index contributed by atoms with van der Waals surface area (Å²) in [7, 11) is 0. The van der Waals surface area contributed by atoms with E-state index in [4.69, 9.17) is 11.6 Å². The molecule has 94 valence electrons. The minimum atomic E-state index is -0.805. The fourth-order valence-electron chi connectivity index (χ4n) is 3.38. The molecule has 0 amide bonds. The van der Waals surface area contributed by atoms with Gasteiger partial charge in [0, 0.05) is 18.6 Å². The van der Waals surface area contributed by atoms with Gasteiger partial charge in [-0.15, -0.1) is 0 Å². The van der Waals surface area contributed by atoms with E-state index >= 15 is 0 Å². The van der Waals surface area contributed by atoms with E-state index in [0.29, 0.717) is 17.1 Å². The number of piperidine rings is 1. The summed E-state index contributed by atoms with van der Waals surface area (Å²) < 4.78 is 1.83. The molecule has 0 aliphatic carbocycles. The lowest BCUT2D eigenvalue weighted by atomic mass is 9.84. The normalized spacial score (nSPS) is 36.4. The molecule has 2 aliphatic heterocycles. The van der Waals surface area contributed by atoms with Crippen molar-refractivity contribution >= 4 is 11.6 Å². The van der Waals surface area contributed by atoms with Crippen molar-refractivity contribution in [2.75, 3.05) is 0 Å². The van der Waals surface area contributed by atoms with E-state index < -0.39 is 5.60 Å². The zero-order chi connectivity index (χ0) is 12.0. The SMILES string of the molecule is CCn1ncc(Cl)c1C1(O)CC2CCC(C1)N2. The second kappa shape index (κ2) is 3.97. The van der Waals surface area contributed by atoms with Crippen LogP contribution in [0, 0.1) is 0 Å². The quantitative estimate of drug-likeness (QED) is 0.845. The smallest absolute Gasteiger partial charge is 0.111 e. The van der Waals surface area contributed by atoms with E-state index in [1.807, 2.05) is 11.6 Å². The van der Waals surface area contributed by atoms with Crippen molar-refractivity contribution in [2.45, 2.75) is 56.8 Å². The van der Waals surface area contributed by atoms with Crippen LogP contribution in [-0.4, -0.2) is 27.0 Å². The van der Waals surface area contributed by atoms with Gasteiger partial charge in [0.2, 0.25) is 0 Å². The Balaban J connectivity index is 1.99. The van der Waals surface area contributed by atoms with Gasteiger partial charge in [0.05, 0.1) is 16.9 Å². The molecule has 3 rings (SSSR count). The minimum absolute atomic E-state index is 0.426. The fourth-order valence-corrected chi connectivity index (χ4v) is 3.70. The van der Waals surface area contributed by atoms with Gasteiger partial charge in [-0.05, 0) is 32.6 Å². The number of nitrogens with zero attached hydrogens (tertiary/aromatic N) is 2. The highest BCUT2D eigenvalue weighted by Gasteiger charge is 2.46. The number of hydrogen-bond acceptors (Lipinski definition) is 3. The summed E-state index contributed by atoms with van der Waals surface area (Å²) in [5.74, 6) is 0. The molecule has 17 heavy (non-hydrogen) atoms. The molecule has 1 aromatic rings. The number of aliphatic hydroxyl groups is 1. The average molecular weight is 256 g/mol. The Hall–Kier alpha value is -0.580. The third kappa shape index (κ3) is 1.79. The van der Waals surface area contributed by atoms with Crippen LogP contribution < -0.4 is 5.32 Å². The molecular formula is C12H18ClN3O. The molecular weight excluding hydrogens is 238 g/mol. The lowest BCUT2D eigenvalue weighted by Gasteiger charge is -2.37. The molecule has 2 N–H and O–H groups in total. The number of aryl methyl sites for hydroxylation is 1. The van der Waals surface area contributed by atoms with Crippen molar-refractivity contribution in [1.29, 1.82) is 0 Å². The van der Waals surface area contributed by atoms with E-state index in [2.05, 4.69) is 10.4 Å². The number of aromatic nitrogens is 2. The van der Waals surface area contributed by atoms with Gasteiger partial charge in [-0.2, -0.15) is 5.10 Å². The predicted molar refractivity (Wildman–Crippen MR) is 66.0 cm³/mol. The first-order chi connectivity index (χ1) is 8.12. The summed E-state index contributed by atoms with van der Waals surface area (Å²) >= 11 is 6.20. The molecule has 3 heterocycles. The summed E-state index contributed by atoms with van der Waals surface area (Å²) in [5, 5.41) is 19.3. The van der Waals surface area contributed by atoms with Gasteiger partial charge in [0.15, 0.2) is 0 Å². The van der Waals surface area contributed by atoms with E-state index in [9.17, 15) is 5.11 Å². The number of nitrogens with one attached hydrogen (secondary N) is 1. The second-order valence-corrected chi connectivity index (χ2v) is 5.64. The van der Waals surface area contributed by atoms with E-state index in [0.717, 1.165) is 37.9 Å². The topological polar surface area (TPSA) is 50.1 Å². The van der Waals surface area contributed by atoms with Crippen molar-refractivity contribution in [2.24, 2.45) is 0 Å². The zero-order valence-corrected chi connectivity index (χ0v) is 10.7. The number of hydrogen-bond donors (Lipinski definition) is 2. The number of fused-ring (bicyclic) bond motifs is 2. The number of rotatable bonds is 2. The predicted octanol–water partition coefficient (Wildman–Crippen LogP) is 1.66. The van der Waals surface area contributed by atoms with Crippen LogP contribution in [0.25, 0.3) is 0 Å². The van der Waals surface area contributed by atoms with Crippen LogP contribution >= 0.6 is 11.6 Å². The van der Waals surface area contributed by atoms with Gasteiger partial charge in [0.25, 0.3) is 0 Å². The van der Waals surface area contributed by atoms with Crippen LogP contribution in [0.5, 0.6) is 0 Å². The van der Waals surface area contributed by atoms with Gasteiger partial charge in [-0.3, -0.25) is 4.68 Å². The van der Waals surface area contributed by atoms with Gasteiger partial charge in [-0.1, -0.05) is 11.6 Å². The molecule has 0 saturated carbocycles. The highest BCUT2D eigenvalue weighted by Crippen LogP contribution is 2.42. The number of halogens is 1. The van der Waals surface area contributed by atoms with E-state index in [1.165, 1.54) is 0 Å². The molecule has 2 atom stereocenters. The Kier molecular flexibility index (Phi) is 2.69. The van der Waals surface area contributed by atoms with Crippen molar-refractivity contribution in [3.05, 3.63) is 16.9 Å². The van der Waals surface area contributed by atoms with Gasteiger partial charge in [0.1, 0.15) is 5.60 Å². The Bertz CT molecular complexity index is 419. The first kappa shape index (κ1) is 11.5. The van der Waals surface area contributed by atoms with Crippen molar-refractivity contribution < 1.29 is 5.11 Å². The van der Waals surface area contributed by atoms with Crippen molar-refractivity contribution in [3.8, 4) is 0 Å². The molecule has 2 fully saturated rings. The van der Waals surface area contributed by atoms with Gasteiger partial charge in [-0.25, -0.2) is 0 Å². The molecule has 0 spiro atoms. The average Bonchev–Trinajstić information content (AvgIpc) is 2.82. The minimum Gasteiger partial charge on any atom is -0.383 e. The zero-order valence-electron chi connectivity index (χ0n) is 9.99. The molecule has 2 aliphatic rings. The molecule has 0 radical (unpaired) electrons. The van der Waals surface area contributed by atoms with Crippen LogP contribution in [0.4, 0.5) is 0 Å². The van der Waals surface area contributed by atoms with Crippen molar-refractivity contribution in [1.82, 2.24) is 15.1 Å². The maximum atomic E-state index is 10.9. The summed E-state index contributed by atoms with van der Waals surface area (Å²) in [6.45, 7) is 2.76. The largest absolute Gasteiger partial charge is 0.383 e. The summed E-state index contributed by atoms with van der Waals surface area (Å²) in [6.07, 6.45) is 5.45. The molecule has 0 aromatic carbocycles. The van der Waals surface area contributed by atoms with Crippen LogP contribution in [0.3, 0.4) is 0 Å². The highest BCUT2D eigenvalue weighted by atomic mass is 35.5. The molecule has 2 saturated heterocycles. The third-order valence-electron chi connectivity index (χ3n) is 4.04. The van der Waals surface area contributed by atoms with Crippen molar-refractivity contribution in [3.63, 3.8) is 0 Å². The third-order valence-corrected chi connectivity index (χ3v) is 4.31. The first-order valence-electron chi connectivity index (χ1n) is 6.32. The molecule has 4 nitrogen and oxygen atoms in total. The molecule has 1 aromatic heterocycles. The van der Waals surface area contributed by atoms with Crippen LogP contribution in [0.1, 0.15) is 38.3 Å². The second-order valence-electron chi connectivity index (χ2n) is 5.23.